The molecule has 6 nitrogen and oxygen atoms in total. The molecule has 1 aromatic rings. The SMILES string of the molecule is CNCCNc1cc(N2CCN(C)CC2)nc(C)n1. The van der Waals surface area contributed by atoms with Crippen LogP contribution in [0, 0.1) is 6.92 Å². The maximum absolute atomic E-state index is 4.55. The van der Waals surface area contributed by atoms with E-state index in [1.807, 2.05) is 20.0 Å². The second-order valence-corrected chi connectivity index (χ2v) is 4.98. The van der Waals surface area contributed by atoms with Gasteiger partial charge in [-0.15, -0.1) is 0 Å². The molecule has 2 rings (SSSR count). The Bertz CT molecular complexity index is 400. The minimum atomic E-state index is 0.823. The third kappa shape index (κ3) is 4.04. The van der Waals surface area contributed by atoms with Gasteiger partial charge in [0.1, 0.15) is 17.5 Å². The van der Waals surface area contributed by atoms with Crippen LogP contribution in [-0.4, -0.2) is 68.2 Å². The highest BCUT2D eigenvalue weighted by molar-refractivity contribution is 5.49. The Hall–Kier alpha value is -1.40. The van der Waals surface area contributed by atoms with Crippen molar-refractivity contribution in [2.75, 3.05) is 63.6 Å². The fourth-order valence-electron chi connectivity index (χ4n) is 2.16. The monoisotopic (exact) mass is 264 g/mol. The Morgan fingerprint density at radius 3 is 2.58 bits per heavy atom. The van der Waals surface area contributed by atoms with Crippen molar-refractivity contribution in [3.63, 3.8) is 0 Å². The number of rotatable bonds is 5. The Balaban J connectivity index is 2.03. The van der Waals surface area contributed by atoms with Crippen LogP contribution in [-0.2, 0) is 0 Å². The van der Waals surface area contributed by atoms with Crippen molar-refractivity contribution in [2.24, 2.45) is 0 Å². The largest absolute Gasteiger partial charge is 0.369 e. The number of hydrogen-bond acceptors (Lipinski definition) is 6. The smallest absolute Gasteiger partial charge is 0.134 e. The van der Waals surface area contributed by atoms with E-state index in [-0.39, 0.29) is 0 Å². The molecule has 6 heteroatoms. The van der Waals surface area contributed by atoms with E-state index >= 15 is 0 Å². The highest BCUT2D eigenvalue weighted by Crippen LogP contribution is 2.17. The molecule has 0 saturated carbocycles. The minimum Gasteiger partial charge on any atom is -0.369 e. The van der Waals surface area contributed by atoms with Crippen LogP contribution in [0.25, 0.3) is 0 Å². The molecule has 0 bridgehead atoms. The first kappa shape index (κ1) is 14.0. The molecule has 106 valence electrons. The lowest BCUT2D eigenvalue weighted by molar-refractivity contribution is 0.312. The summed E-state index contributed by atoms with van der Waals surface area (Å²) < 4.78 is 0. The Kier molecular flexibility index (Phi) is 4.93. The van der Waals surface area contributed by atoms with Crippen LogP contribution < -0.4 is 15.5 Å². The summed E-state index contributed by atoms with van der Waals surface area (Å²) in [5.74, 6) is 2.77. The van der Waals surface area contributed by atoms with Crippen LogP contribution in [0.1, 0.15) is 5.82 Å². The van der Waals surface area contributed by atoms with Gasteiger partial charge in [0, 0.05) is 45.3 Å². The number of anilines is 2. The lowest BCUT2D eigenvalue weighted by Crippen LogP contribution is -2.44. The maximum Gasteiger partial charge on any atom is 0.134 e. The fraction of sp³-hybridized carbons (Fsp3) is 0.692. The summed E-state index contributed by atoms with van der Waals surface area (Å²) in [5.41, 5.74) is 0. The molecule has 1 aliphatic heterocycles. The first-order valence-electron chi connectivity index (χ1n) is 6.86. The van der Waals surface area contributed by atoms with Gasteiger partial charge in [-0.05, 0) is 21.0 Å². The minimum absolute atomic E-state index is 0.823. The molecular weight excluding hydrogens is 240 g/mol. The summed E-state index contributed by atoms with van der Waals surface area (Å²) in [6, 6.07) is 2.05. The van der Waals surface area contributed by atoms with Crippen LogP contribution >= 0.6 is 0 Å². The average molecular weight is 264 g/mol. The number of aryl methyl sites for hydroxylation is 1. The highest BCUT2D eigenvalue weighted by Gasteiger charge is 2.16. The van der Waals surface area contributed by atoms with Crippen molar-refractivity contribution in [3.05, 3.63) is 11.9 Å². The van der Waals surface area contributed by atoms with Crippen LogP contribution in [0.15, 0.2) is 6.07 Å². The summed E-state index contributed by atoms with van der Waals surface area (Å²) in [5, 5.41) is 6.44. The molecule has 0 amide bonds. The molecule has 0 spiro atoms. The number of aromatic nitrogens is 2. The van der Waals surface area contributed by atoms with Gasteiger partial charge in [-0.25, -0.2) is 9.97 Å². The van der Waals surface area contributed by atoms with E-state index in [2.05, 4.69) is 37.4 Å². The predicted molar refractivity (Wildman–Crippen MR) is 78.9 cm³/mol. The van der Waals surface area contributed by atoms with E-state index < -0.39 is 0 Å². The summed E-state index contributed by atoms with van der Waals surface area (Å²) in [6.07, 6.45) is 0. The highest BCUT2D eigenvalue weighted by atomic mass is 15.3. The van der Waals surface area contributed by atoms with Crippen LogP contribution in [0.3, 0.4) is 0 Å². The Morgan fingerprint density at radius 1 is 1.16 bits per heavy atom. The van der Waals surface area contributed by atoms with Crippen LogP contribution in [0.4, 0.5) is 11.6 Å². The first-order valence-corrected chi connectivity index (χ1v) is 6.86. The molecule has 2 N–H and O–H groups in total. The standard InChI is InChI=1S/C13H24N6/c1-11-16-12(15-5-4-14-2)10-13(17-11)19-8-6-18(3)7-9-19/h10,14H,4-9H2,1-3H3,(H,15,16,17). The summed E-state index contributed by atoms with van der Waals surface area (Å²) in [6.45, 7) is 7.98. The number of hydrogen-bond donors (Lipinski definition) is 2. The van der Waals surface area contributed by atoms with Gasteiger partial charge >= 0.3 is 0 Å². The van der Waals surface area contributed by atoms with Gasteiger partial charge in [-0.1, -0.05) is 0 Å². The number of nitrogens with zero attached hydrogens (tertiary/aromatic N) is 4. The van der Waals surface area contributed by atoms with Crippen molar-refractivity contribution in [1.82, 2.24) is 20.2 Å². The van der Waals surface area contributed by atoms with Gasteiger partial charge in [-0.2, -0.15) is 0 Å². The Labute approximate surface area is 115 Å². The fourth-order valence-corrected chi connectivity index (χ4v) is 2.16. The maximum atomic E-state index is 4.55. The van der Waals surface area contributed by atoms with Crippen LogP contribution in [0.2, 0.25) is 0 Å². The summed E-state index contributed by atoms with van der Waals surface area (Å²) >= 11 is 0. The quantitative estimate of drug-likeness (QED) is 0.739. The predicted octanol–water partition coefficient (Wildman–Crippen LogP) is 0.168. The molecule has 19 heavy (non-hydrogen) atoms. The van der Waals surface area contributed by atoms with Gasteiger partial charge in [0.15, 0.2) is 0 Å². The second kappa shape index (κ2) is 6.68. The molecule has 0 aliphatic carbocycles. The summed E-state index contributed by atoms with van der Waals surface area (Å²) in [4.78, 5) is 13.7. The van der Waals surface area contributed by atoms with Crippen molar-refractivity contribution < 1.29 is 0 Å². The van der Waals surface area contributed by atoms with Crippen molar-refractivity contribution in [3.8, 4) is 0 Å². The molecule has 2 heterocycles. The van der Waals surface area contributed by atoms with E-state index in [9.17, 15) is 0 Å². The molecule has 0 aromatic carbocycles. The Morgan fingerprint density at radius 2 is 1.89 bits per heavy atom. The molecule has 1 aliphatic rings. The number of piperazine rings is 1. The second-order valence-electron chi connectivity index (χ2n) is 4.98. The first-order chi connectivity index (χ1) is 9.19. The van der Waals surface area contributed by atoms with E-state index in [0.29, 0.717) is 0 Å². The van der Waals surface area contributed by atoms with E-state index in [4.69, 9.17) is 0 Å². The lowest BCUT2D eigenvalue weighted by atomic mass is 10.3. The van der Waals surface area contributed by atoms with Crippen molar-refractivity contribution in [1.29, 1.82) is 0 Å². The van der Waals surface area contributed by atoms with Crippen molar-refractivity contribution >= 4 is 11.6 Å². The zero-order valence-corrected chi connectivity index (χ0v) is 12.1. The molecule has 1 fully saturated rings. The van der Waals surface area contributed by atoms with Crippen molar-refractivity contribution in [2.45, 2.75) is 6.92 Å². The third-order valence-electron chi connectivity index (χ3n) is 3.33. The molecule has 0 atom stereocenters. The lowest BCUT2D eigenvalue weighted by Gasteiger charge is -2.33. The van der Waals surface area contributed by atoms with Crippen LogP contribution in [0.5, 0.6) is 0 Å². The summed E-state index contributed by atoms with van der Waals surface area (Å²) in [7, 11) is 4.11. The molecule has 1 aromatic heterocycles. The zero-order valence-electron chi connectivity index (χ0n) is 12.1. The topological polar surface area (TPSA) is 56.3 Å². The molecule has 0 radical (unpaired) electrons. The molecule has 1 saturated heterocycles. The average Bonchev–Trinajstić information content (AvgIpc) is 2.39. The normalized spacial score (nSPS) is 16.7. The number of likely N-dealkylation sites (N-methyl/N-ethyl adjacent to an activating group) is 2. The van der Waals surface area contributed by atoms with Gasteiger partial charge in [0.05, 0.1) is 0 Å². The van der Waals surface area contributed by atoms with Gasteiger partial charge in [0.25, 0.3) is 0 Å². The zero-order chi connectivity index (χ0) is 13.7. The van der Waals surface area contributed by atoms with Gasteiger partial charge < -0.3 is 20.4 Å². The third-order valence-corrected chi connectivity index (χ3v) is 3.33. The van der Waals surface area contributed by atoms with Gasteiger partial charge in [0.2, 0.25) is 0 Å². The molecule has 0 unspecified atom stereocenters. The van der Waals surface area contributed by atoms with E-state index in [0.717, 1.165) is 56.7 Å². The van der Waals surface area contributed by atoms with Gasteiger partial charge in [-0.3, -0.25) is 0 Å². The van der Waals surface area contributed by atoms with E-state index in [1.54, 1.807) is 0 Å². The molecular formula is C13H24N6. The van der Waals surface area contributed by atoms with E-state index in [1.165, 1.54) is 0 Å². The number of nitrogens with one attached hydrogen (secondary N) is 2.